The molecule has 0 bridgehead atoms. The van der Waals surface area contributed by atoms with Crippen LogP contribution in [-0.4, -0.2) is 29.2 Å². The molecule has 0 unspecified atom stereocenters. The third-order valence-corrected chi connectivity index (χ3v) is 4.82. The molecular weight excluding hydrogens is 302 g/mol. The molecule has 0 N–H and O–H groups in total. The molecule has 0 atom stereocenters. The van der Waals surface area contributed by atoms with Gasteiger partial charge in [-0.05, 0) is 43.4 Å². The number of nitrogens with zero attached hydrogens (tertiary/aromatic N) is 1. The number of carbonyl (C=O) groups excluding carboxylic acids is 1. The molecule has 0 aromatic heterocycles. The summed E-state index contributed by atoms with van der Waals surface area (Å²) in [4.78, 5) is 14.6. The van der Waals surface area contributed by atoms with Gasteiger partial charge in [0.15, 0.2) is 0 Å². The monoisotopic (exact) mass is 331 g/mol. The predicted octanol–water partition coefficient (Wildman–Crippen LogP) is 4.47. The summed E-state index contributed by atoms with van der Waals surface area (Å²) in [6.45, 7) is 10.9. The first-order valence-electron chi connectivity index (χ1n) is 7.74. The second kappa shape index (κ2) is 7.66. The van der Waals surface area contributed by atoms with Gasteiger partial charge in [-0.3, -0.25) is 4.79 Å². The third-order valence-electron chi connectivity index (χ3n) is 4.46. The molecule has 0 aromatic carbocycles. The Morgan fingerprint density at radius 3 is 2.16 bits per heavy atom. The Balaban J connectivity index is 2.51. The summed E-state index contributed by atoms with van der Waals surface area (Å²) in [5.74, 6) is 1.46. The molecule has 0 aliphatic heterocycles. The minimum Gasteiger partial charge on any atom is -0.342 e. The molecule has 0 radical (unpaired) electrons. The van der Waals surface area contributed by atoms with E-state index in [9.17, 15) is 4.79 Å². The van der Waals surface area contributed by atoms with Gasteiger partial charge in [-0.2, -0.15) is 0 Å². The Kier molecular flexibility index (Phi) is 6.85. The molecule has 112 valence electrons. The normalized spacial score (nSPS) is 24.3. The fourth-order valence-electron chi connectivity index (χ4n) is 3.17. The van der Waals surface area contributed by atoms with Crippen molar-refractivity contribution in [3.8, 4) is 0 Å². The maximum Gasteiger partial charge on any atom is 0.225 e. The van der Waals surface area contributed by atoms with E-state index in [1.54, 1.807) is 0 Å². The summed E-state index contributed by atoms with van der Waals surface area (Å²) in [6.07, 6.45) is 5.66. The molecule has 1 amide bonds. The first-order valence-corrected chi connectivity index (χ1v) is 8.87. The summed E-state index contributed by atoms with van der Waals surface area (Å²) in [7, 11) is 0. The lowest BCUT2D eigenvalue weighted by Crippen LogP contribution is -2.40. The van der Waals surface area contributed by atoms with E-state index < -0.39 is 0 Å². The summed E-state index contributed by atoms with van der Waals surface area (Å²) in [5, 5.41) is 0.885. The van der Waals surface area contributed by atoms with Crippen molar-refractivity contribution in [2.24, 2.45) is 17.3 Å². The second-order valence-corrected chi connectivity index (χ2v) is 7.72. The smallest absolute Gasteiger partial charge is 0.225 e. The number of hydrogen-bond donors (Lipinski definition) is 0. The summed E-state index contributed by atoms with van der Waals surface area (Å²) >= 11 is 3.45. The van der Waals surface area contributed by atoms with Gasteiger partial charge in [-0.1, -0.05) is 43.6 Å². The minimum absolute atomic E-state index is 0.282. The molecule has 1 fully saturated rings. The molecule has 0 saturated heterocycles. The first-order chi connectivity index (χ1) is 8.90. The molecule has 0 heterocycles. The molecule has 1 aliphatic carbocycles. The summed E-state index contributed by atoms with van der Waals surface area (Å²) < 4.78 is 0. The van der Waals surface area contributed by atoms with Crippen LogP contribution in [0.15, 0.2) is 0 Å². The van der Waals surface area contributed by atoms with Gasteiger partial charge in [-0.15, -0.1) is 0 Å². The van der Waals surface area contributed by atoms with Crippen LogP contribution >= 0.6 is 15.9 Å². The highest BCUT2D eigenvalue weighted by molar-refractivity contribution is 9.09. The van der Waals surface area contributed by atoms with Gasteiger partial charge in [-0.25, -0.2) is 0 Å². The van der Waals surface area contributed by atoms with Crippen LogP contribution in [-0.2, 0) is 4.79 Å². The molecule has 2 nitrogen and oxygen atoms in total. The van der Waals surface area contributed by atoms with Crippen molar-refractivity contribution in [2.75, 3.05) is 18.4 Å². The maximum absolute atomic E-state index is 12.5. The molecule has 0 spiro atoms. The van der Waals surface area contributed by atoms with Crippen LogP contribution in [0, 0.1) is 17.3 Å². The van der Waals surface area contributed by atoms with Crippen LogP contribution in [0.2, 0.25) is 0 Å². The second-order valence-electron chi connectivity index (χ2n) is 6.93. The van der Waals surface area contributed by atoms with E-state index in [1.165, 1.54) is 12.8 Å². The van der Waals surface area contributed by atoms with E-state index in [0.29, 0.717) is 11.3 Å². The largest absolute Gasteiger partial charge is 0.342 e. The summed E-state index contributed by atoms with van der Waals surface area (Å²) in [6, 6.07) is 0. The average molecular weight is 332 g/mol. The third kappa shape index (κ3) is 5.09. The van der Waals surface area contributed by atoms with Crippen molar-refractivity contribution in [2.45, 2.75) is 59.8 Å². The fourth-order valence-corrected chi connectivity index (χ4v) is 3.60. The number of amides is 1. The molecule has 0 aromatic rings. The van der Waals surface area contributed by atoms with Gasteiger partial charge < -0.3 is 4.90 Å². The van der Waals surface area contributed by atoms with Crippen molar-refractivity contribution in [1.82, 2.24) is 4.90 Å². The highest BCUT2D eigenvalue weighted by Crippen LogP contribution is 2.40. The Morgan fingerprint density at radius 2 is 1.74 bits per heavy atom. The van der Waals surface area contributed by atoms with Crippen molar-refractivity contribution in [1.29, 1.82) is 0 Å². The van der Waals surface area contributed by atoms with Gasteiger partial charge in [0.1, 0.15) is 0 Å². The average Bonchev–Trinajstić information content (AvgIpc) is 2.37. The highest BCUT2D eigenvalue weighted by atomic mass is 79.9. The zero-order valence-corrected chi connectivity index (χ0v) is 14.6. The van der Waals surface area contributed by atoms with Gasteiger partial charge >= 0.3 is 0 Å². The Labute approximate surface area is 127 Å². The minimum atomic E-state index is 0.282. The van der Waals surface area contributed by atoms with E-state index in [2.05, 4.69) is 48.5 Å². The zero-order chi connectivity index (χ0) is 14.5. The molecule has 1 rings (SSSR count). The van der Waals surface area contributed by atoms with Crippen LogP contribution in [0.5, 0.6) is 0 Å². The Bertz CT molecular complexity index is 271. The van der Waals surface area contributed by atoms with E-state index in [4.69, 9.17) is 0 Å². The molecule has 19 heavy (non-hydrogen) atoms. The fraction of sp³-hybridized carbons (Fsp3) is 0.938. The molecule has 1 saturated carbocycles. The van der Waals surface area contributed by atoms with Crippen LogP contribution in [0.3, 0.4) is 0 Å². The number of halogens is 1. The Hall–Kier alpha value is -0.0500. The summed E-state index contributed by atoms with van der Waals surface area (Å²) in [5.41, 5.74) is 0.396. The van der Waals surface area contributed by atoms with Gasteiger partial charge in [0.2, 0.25) is 5.91 Å². The molecule has 3 heteroatoms. The lowest BCUT2D eigenvalue weighted by molar-refractivity contribution is -0.137. The van der Waals surface area contributed by atoms with Gasteiger partial charge in [0, 0.05) is 24.3 Å². The van der Waals surface area contributed by atoms with Gasteiger partial charge in [0.25, 0.3) is 0 Å². The van der Waals surface area contributed by atoms with Gasteiger partial charge in [0.05, 0.1) is 0 Å². The number of carbonyl (C=O) groups is 1. The van der Waals surface area contributed by atoms with E-state index in [1.807, 2.05) is 0 Å². The van der Waals surface area contributed by atoms with Crippen molar-refractivity contribution >= 4 is 21.8 Å². The van der Waals surface area contributed by atoms with Crippen molar-refractivity contribution < 1.29 is 4.79 Å². The standard InChI is InChI=1S/C16H30BrNO/c1-5-11-18(12-10-17)15(19)13-6-8-14(9-7-13)16(2,3)4/h13-14H,5-12H2,1-4H3. The molecular formula is C16H30BrNO. The van der Waals surface area contributed by atoms with Crippen LogP contribution in [0.25, 0.3) is 0 Å². The zero-order valence-electron chi connectivity index (χ0n) is 13.0. The SMILES string of the molecule is CCCN(CCBr)C(=O)C1CCC(C(C)(C)C)CC1. The number of alkyl halides is 1. The Morgan fingerprint density at radius 1 is 1.16 bits per heavy atom. The van der Waals surface area contributed by atoms with Crippen molar-refractivity contribution in [3.05, 3.63) is 0 Å². The molecule has 1 aliphatic rings. The lowest BCUT2D eigenvalue weighted by Gasteiger charge is -2.37. The lowest BCUT2D eigenvalue weighted by atomic mass is 9.69. The first kappa shape index (κ1) is 17.0. The van der Waals surface area contributed by atoms with Crippen LogP contribution in [0.4, 0.5) is 0 Å². The van der Waals surface area contributed by atoms with E-state index in [0.717, 1.165) is 43.6 Å². The number of hydrogen-bond acceptors (Lipinski definition) is 1. The van der Waals surface area contributed by atoms with Crippen molar-refractivity contribution in [3.63, 3.8) is 0 Å². The number of rotatable bonds is 5. The van der Waals surface area contributed by atoms with E-state index in [-0.39, 0.29) is 5.92 Å². The van der Waals surface area contributed by atoms with Crippen LogP contribution in [0.1, 0.15) is 59.8 Å². The van der Waals surface area contributed by atoms with Crippen LogP contribution < -0.4 is 0 Å². The quantitative estimate of drug-likeness (QED) is 0.680. The van der Waals surface area contributed by atoms with E-state index >= 15 is 0 Å². The topological polar surface area (TPSA) is 20.3 Å². The predicted molar refractivity (Wildman–Crippen MR) is 85.6 cm³/mol. The maximum atomic E-state index is 12.5. The highest BCUT2D eigenvalue weighted by Gasteiger charge is 2.33.